The lowest BCUT2D eigenvalue weighted by atomic mass is 9.77. The number of allylic oxidation sites excluding steroid dienone is 4. The first-order valence-corrected chi connectivity index (χ1v) is 15.9. The minimum absolute atomic E-state index is 0.0238. The van der Waals surface area contributed by atoms with Crippen LogP contribution in [0.25, 0.3) is 0 Å². The van der Waals surface area contributed by atoms with E-state index in [1.54, 1.807) is 12.1 Å². The number of anilines is 1. The average Bonchev–Trinajstić information content (AvgIpc) is 2.97. The first-order valence-electron chi connectivity index (χ1n) is 14.5. The number of carbonyl (C=O) groups excluding carboxylic acids is 1. The van der Waals surface area contributed by atoms with E-state index in [1.165, 1.54) is 16.4 Å². The van der Waals surface area contributed by atoms with E-state index in [4.69, 9.17) is 5.73 Å². The zero-order valence-electron chi connectivity index (χ0n) is 24.4. The molecule has 0 aliphatic heterocycles. The summed E-state index contributed by atoms with van der Waals surface area (Å²) in [4.78, 5) is 13.5. The molecule has 0 aromatic heterocycles. The Kier molecular flexibility index (Phi) is 12.6. The van der Waals surface area contributed by atoms with Gasteiger partial charge in [-0.05, 0) is 68.0 Å². The Morgan fingerprint density at radius 2 is 1.78 bits per heavy atom. The smallest absolute Gasteiger partial charge is 0.243 e. The van der Waals surface area contributed by atoms with E-state index in [-0.39, 0.29) is 35.2 Å². The number of unbranched alkanes of at least 4 members (excludes halogenated alkanes) is 1. The normalized spacial score (nSPS) is 17.5. The molecule has 2 unspecified atom stereocenters. The summed E-state index contributed by atoms with van der Waals surface area (Å²) >= 11 is 0. The number of sulfonamides is 1. The molecule has 0 bridgehead atoms. The fraction of sp³-hybridized carbons (Fsp3) is 0.469. The number of nitrogens with one attached hydrogen (secondary N) is 2. The molecule has 0 radical (unpaired) electrons. The lowest BCUT2D eigenvalue weighted by molar-refractivity contribution is -0.123. The van der Waals surface area contributed by atoms with E-state index in [0.717, 1.165) is 12.0 Å². The van der Waals surface area contributed by atoms with Gasteiger partial charge < -0.3 is 21.5 Å². The molecule has 0 fully saturated rings. The first-order chi connectivity index (χ1) is 19.7. The SMILES string of the molecule is CN[C@H](C(=O)NCCCC[C@@H](CO)N(CC(C)C)S(=O)(=O)c1ccc(N)cc1)C(c1ccccc1)C1C=CC=CC1. The highest BCUT2D eigenvalue weighted by Gasteiger charge is 2.34. The van der Waals surface area contributed by atoms with Crippen LogP contribution in [0, 0.1) is 11.8 Å². The zero-order chi connectivity index (χ0) is 29.8. The average molecular weight is 583 g/mol. The van der Waals surface area contributed by atoms with E-state index in [9.17, 15) is 18.3 Å². The zero-order valence-corrected chi connectivity index (χ0v) is 25.3. The predicted molar refractivity (Wildman–Crippen MR) is 166 cm³/mol. The Morgan fingerprint density at radius 1 is 1.07 bits per heavy atom. The molecular formula is C32H46N4O4S. The van der Waals surface area contributed by atoms with Crippen molar-refractivity contribution in [2.24, 2.45) is 11.8 Å². The number of rotatable bonds is 16. The first kappa shape index (κ1) is 32.5. The highest BCUT2D eigenvalue weighted by Crippen LogP contribution is 2.33. The minimum atomic E-state index is -3.81. The molecule has 4 atom stereocenters. The van der Waals surface area contributed by atoms with Crippen molar-refractivity contribution < 1.29 is 18.3 Å². The second-order valence-corrected chi connectivity index (χ2v) is 13.0. The number of likely N-dealkylation sites (N-methyl/N-ethyl adjacent to an activating group) is 1. The van der Waals surface area contributed by atoms with E-state index >= 15 is 0 Å². The maximum atomic E-state index is 13.5. The van der Waals surface area contributed by atoms with E-state index in [1.807, 2.05) is 51.2 Å². The maximum Gasteiger partial charge on any atom is 0.243 e. The lowest BCUT2D eigenvalue weighted by Crippen LogP contribution is -2.48. The molecule has 2 aromatic carbocycles. The standard InChI is InChI=1S/C32H46N4O4S/c1-24(2)22-36(41(39,40)29-19-17-27(33)18-20-29)28(23-37)16-10-11-21-35-32(38)31(34-3)30(25-12-6-4-7-13-25)26-14-8-5-9-15-26/h4-9,12-14,17-20,24,26,28,30-31,34,37H,10-11,15-16,21-23,33H2,1-3H3,(H,35,38)/t26?,28-,30?,31-/m0/s1. The van der Waals surface area contributed by atoms with Gasteiger partial charge in [-0.15, -0.1) is 0 Å². The summed E-state index contributed by atoms with van der Waals surface area (Å²) < 4.78 is 28.4. The highest BCUT2D eigenvalue weighted by molar-refractivity contribution is 7.89. The molecule has 1 aliphatic rings. The van der Waals surface area contributed by atoms with Crippen molar-refractivity contribution in [3.8, 4) is 0 Å². The van der Waals surface area contributed by atoms with Crippen LogP contribution in [0.4, 0.5) is 5.69 Å². The van der Waals surface area contributed by atoms with E-state index < -0.39 is 22.1 Å². The van der Waals surface area contributed by atoms with Gasteiger partial charge >= 0.3 is 0 Å². The van der Waals surface area contributed by atoms with Gasteiger partial charge in [0.1, 0.15) is 0 Å². The van der Waals surface area contributed by atoms with Crippen LogP contribution in [0.15, 0.2) is 83.8 Å². The molecule has 0 heterocycles. The van der Waals surface area contributed by atoms with E-state index in [2.05, 4.69) is 34.9 Å². The number of carbonyl (C=O) groups is 1. The molecule has 8 nitrogen and oxygen atoms in total. The quantitative estimate of drug-likeness (QED) is 0.175. The van der Waals surface area contributed by atoms with Crippen LogP contribution in [-0.2, 0) is 14.8 Å². The lowest BCUT2D eigenvalue weighted by Gasteiger charge is -2.32. The van der Waals surface area contributed by atoms with Crippen molar-refractivity contribution >= 4 is 21.6 Å². The number of nitrogens with two attached hydrogens (primary N) is 1. The van der Waals surface area contributed by atoms with Gasteiger partial charge in [0.2, 0.25) is 15.9 Å². The monoisotopic (exact) mass is 582 g/mol. The van der Waals surface area contributed by atoms with Crippen molar-refractivity contribution in [2.45, 2.75) is 62.4 Å². The summed E-state index contributed by atoms with van der Waals surface area (Å²) in [7, 11) is -1.99. The third kappa shape index (κ3) is 9.00. The number of hydrogen-bond acceptors (Lipinski definition) is 6. The molecule has 3 rings (SSSR count). The Labute approximate surface area is 245 Å². The van der Waals surface area contributed by atoms with Crippen LogP contribution in [0.5, 0.6) is 0 Å². The number of aliphatic hydroxyl groups excluding tert-OH is 1. The maximum absolute atomic E-state index is 13.5. The van der Waals surface area contributed by atoms with Crippen LogP contribution < -0.4 is 16.4 Å². The minimum Gasteiger partial charge on any atom is -0.399 e. The fourth-order valence-electron chi connectivity index (χ4n) is 5.43. The number of nitrogen functional groups attached to an aromatic ring is 1. The fourth-order valence-corrected chi connectivity index (χ4v) is 7.24. The van der Waals surface area contributed by atoms with Gasteiger partial charge in [0.05, 0.1) is 17.5 Å². The summed E-state index contributed by atoms with van der Waals surface area (Å²) in [5.41, 5.74) is 7.36. The van der Waals surface area contributed by atoms with E-state index in [0.29, 0.717) is 38.0 Å². The molecule has 9 heteroatoms. The number of aliphatic hydroxyl groups is 1. The third-order valence-electron chi connectivity index (χ3n) is 7.53. The van der Waals surface area contributed by atoms with Gasteiger partial charge in [0.15, 0.2) is 0 Å². The number of benzene rings is 2. The topological polar surface area (TPSA) is 125 Å². The van der Waals surface area contributed by atoms with Gasteiger partial charge in [-0.1, -0.05) is 74.9 Å². The van der Waals surface area contributed by atoms with Gasteiger partial charge in [-0.25, -0.2) is 8.42 Å². The Hall–Kier alpha value is -2.98. The van der Waals surface area contributed by atoms with Crippen LogP contribution in [0.1, 0.15) is 51.0 Å². The number of amides is 1. The summed E-state index contributed by atoms with van der Waals surface area (Å²) in [5, 5.41) is 16.5. The van der Waals surface area contributed by atoms with Crippen LogP contribution >= 0.6 is 0 Å². The Morgan fingerprint density at radius 3 is 2.37 bits per heavy atom. The van der Waals surface area contributed by atoms with Gasteiger partial charge in [-0.3, -0.25) is 4.79 Å². The molecule has 0 saturated heterocycles. The van der Waals surface area contributed by atoms with Crippen molar-refractivity contribution in [2.75, 3.05) is 32.5 Å². The molecule has 41 heavy (non-hydrogen) atoms. The molecule has 1 aliphatic carbocycles. The largest absolute Gasteiger partial charge is 0.399 e. The second-order valence-electron chi connectivity index (χ2n) is 11.1. The van der Waals surface area contributed by atoms with Crippen LogP contribution in [0.3, 0.4) is 0 Å². The van der Waals surface area contributed by atoms with Crippen molar-refractivity contribution in [3.63, 3.8) is 0 Å². The summed E-state index contributed by atoms with van der Waals surface area (Å²) in [6, 6.07) is 15.3. The Balaban J connectivity index is 1.61. The van der Waals surface area contributed by atoms with Crippen LogP contribution in [0.2, 0.25) is 0 Å². The van der Waals surface area contributed by atoms with Crippen molar-refractivity contribution in [1.29, 1.82) is 0 Å². The van der Waals surface area contributed by atoms with Crippen LogP contribution in [-0.4, -0.2) is 62.6 Å². The third-order valence-corrected chi connectivity index (χ3v) is 9.46. The highest BCUT2D eigenvalue weighted by atomic mass is 32.2. The number of nitrogens with zero attached hydrogens (tertiary/aromatic N) is 1. The molecule has 0 saturated carbocycles. The molecule has 2 aromatic rings. The molecule has 224 valence electrons. The molecule has 1 amide bonds. The van der Waals surface area contributed by atoms with Crippen molar-refractivity contribution in [1.82, 2.24) is 14.9 Å². The summed E-state index contributed by atoms with van der Waals surface area (Å²) in [5.74, 6) is 0.197. The second kappa shape index (κ2) is 15.9. The van der Waals surface area contributed by atoms with Gasteiger partial charge in [0.25, 0.3) is 0 Å². The molecule has 0 spiro atoms. The van der Waals surface area contributed by atoms with Crippen molar-refractivity contribution in [3.05, 3.63) is 84.5 Å². The molecular weight excluding hydrogens is 536 g/mol. The predicted octanol–water partition coefficient (Wildman–Crippen LogP) is 4.07. The van der Waals surface area contributed by atoms with Gasteiger partial charge in [0, 0.05) is 30.7 Å². The Bertz CT molecular complexity index is 1250. The number of hydrogen-bond donors (Lipinski definition) is 4. The summed E-state index contributed by atoms with van der Waals surface area (Å²) in [6.07, 6.45) is 11.1. The summed E-state index contributed by atoms with van der Waals surface area (Å²) in [6.45, 7) is 4.39. The van der Waals surface area contributed by atoms with Gasteiger partial charge in [-0.2, -0.15) is 4.31 Å². The molecule has 5 N–H and O–H groups in total.